The Kier molecular flexibility index (Phi) is 3.78. The van der Waals surface area contributed by atoms with E-state index in [1.807, 2.05) is 29.7 Å². The minimum absolute atomic E-state index is 0.201. The average molecular weight is 230 g/mol. The van der Waals surface area contributed by atoms with Crippen molar-refractivity contribution >= 4 is 17.8 Å². The van der Waals surface area contributed by atoms with Crippen molar-refractivity contribution in [3.63, 3.8) is 0 Å². The van der Waals surface area contributed by atoms with E-state index in [1.54, 1.807) is 23.9 Å². The molecule has 0 aliphatic heterocycles. The van der Waals surface area contributed by atoms with Crippen LogP contribution in [0.5, 0.6) is 0 Å². The maximum absolute atomic E-state index is 12.6. The third-order valence-electron chi connectivity index (χ3n) is 2.08. The molecule has 2 aromatic rings. The maximum Gasteiger partial charge on any atom is 0.123 e. The summed E-state index contributed by atoms with van der Waals surface area (Å²) < 4.78 is 12.6. The van der Waals surface area contributed by atoms with Crippen molar-refractivity contribution in [2.75, 3.05) is 0 Å². The summed E-state index contributed by atoms with van der Waals surface area (Å²) >= 11 is 1.65. The summed E-state index contributed by atoms with van der Waals surface area (Å²) in [6, 6.07) is 16.6. The summed E-state index contributed by atoms with van der Waals surface area (Å²) in [5, 5.41) is 2.00. The van der Waals surface area contributed by atoms with Crippen molar-refractivity contribution in [3.8, 4) is 0 Å². The predicted octanol–water partition coefficient (Wildman–Crippen LogP) is 4.59. The van der Waals surface area contributed by atoms with E-state index in [1.165, 1.54) is 17.0 Å². The van der Waals surface area contributed by atoms with Crippen LogP contribution in [-0.4, -0.2) is 0 Å². The molecule has 0 heterocycles. The van der Waals surface area contributed by atoms with Gasteiger partial charge in [0.25, 0.3) is 0 Å². The second-order valence-electron chi connectivity index (χ2n) is 3.29. The zero-order valence-corrected chi connectivity index (χ0v) is 9.45. The highest BCUT2D eigenvalue weighted by molar-refractivity contribution is 8.02. The average Bonchev–Trinajstić information content (AvgIpc) is 2.33. The first-order valence-corrected chi connectivity index (χ1v) is 5.86. The van der Waals surface area contributed by atoms with E-state index >= 15 is 0 Å². The molecule has 0 aromatic heterocycles. The minimum Gasteiger partial charge on any atom is -0.207 e. The zero-order chi connectivity index (χ0) is 11.2. The summed E-state index contributed by atoms with van der Waals surface area (Å²) in [7, 11) is 0. The van der Waals surface area contributed by atoms with Crippen molar-refractivity contribution in [1.82, 2.24) is 0 Å². The molecule has 0 amide bonds. The van der Waals surface area contributed by atoms with E-state index in [9.17, 15) is 4.39 Å². The normalized spacial score (nSPS) is 10.8. The number of halogens is 1. The summed E-state index contributed by atoms with van der Waals surface area (Å²) in [5.74, 6) is -0.201. The highest BCUT2D eigenvalue weighted by Crippen LogP contribution is 2.19. The molecule has 0 nitrogen and oxygen atoms in total. The van der Waals surface area contributed by atoms with E-state index in [0.717, 1.165) is 5.56 Å². The van der Waals surface area contributed by atoms with Crippen molar-refractivity contribution < 1.29 is 4.39 Å². The Balaban J connectivity index is 1.98. The van der Waals surface area contributed by atoms with Gasteiger partial charge in [-0.05, 0) is 41.3 Å². The molecular formula is C14H11FS. The second kappa shape index (κ2) is 5.52. The van der Waals surface area contributed by atoms with Crippen LogP contribution in [0.1, 0.15) is 5.56 Å². The van der Waals surface area contributed by atoms with Gasteiger partial charge in [-0.2, -0.15) is 0 Å². The molecule has 0 aliphatic carbocycles. The number of rotatable bonds is 3. The fourth-order valence-corrected chi connectivity index (χ4v) is 1.96. The molecule has 2 rings (SSSR count). The van der Waals surface area contributed by atoms with Crippen LogP contribution < -0.4 is 0 Å². The Morgan fingerprint density at radius 1 is 0.875 bits per heavy atom. The largest absolute Gasteiger partial charge is 0.207 e. The van der Waals surface area contributed by atoms with E-state index in [-0.39, 0.29) is 5.82 Å². The molecule has 80 valence electrons. The van der Waals surface area contributed by atoms with Crippen LogP contribution in [0.4, 0.5) is 4.39 Å². The summed E-state index contributed by atoms with van der Waals surface area (Å²) in [4.78, 5) is 1.20. The molecule has 2 aromatic carbocycles. The van der Waals surface area contributed by atoms with E-state index < -0.39 is 0 Å². The van der Waals surface area contributed by atoms with Gasteiger partial charge in [0.15, 0.2) is 0 Å². The molecule has 0 aliphatic rings. The number of hydrogen-bond donors (Lipinski definition) is 0. The molecule has 0 N–H and O–H groups in total. The van der Waals surface area contributed by atoms with Gasteiger partial charge in [0.05, 0.1) is 0 Å². The van der Waals surface area contributed by atoms with Gasteiger partial charge >= 0.3 is 0 Å². The SMILES string of the molecule is Fc1ccc(/C=C/Sc2ccccc2)cc1. The Bertz CT molecular complexity index is 460. The van der Waals surface area contributed by atoms with Crippen molar-refractivity contribution in [3.05, 3.63) is 71.4 Å². The van der Waals surface area contributed by atoms with Crippen LogP contribution in [0.2, 0.25) is 0 Å². The highest BCUT2D eigenvalue weighted by atomic mass is 32.2. The van der Waals surface area contributed by atoms with Crippen LogP contribution in [0, 0.1) is 5.82 Å². The third-order valence-corrected chi connectivity index (χ3v) is 2.89. The molecule has 16 heavy (non-hydrogen) atoms. The number of benzene rings is 2. The van der Waals surface area contributed by atoms with Crippen molar-refractivity contribution in [2.45, 2.75) is 4.90 Å². The lowest BCUT2D eigenvalue weighted by Gasteiger charge is -1.95. The fraction of sp³-hybridized carbons (Fsp3) is 0. The molecule has 0 saturated carbocycles. The molecule has 0 bridgehead atoms. The van der Waals surface area contributed by atoms with E-state index in [0.29, 0.717) is 0 Å². The minimum atomic E-state index is -0.201. The van der Waals surface area contributed by atoms with Gasteiger partial charge in [-0.15, -0.1) is 0 Å². The summed E-state index contributed by atoms with van der Waals surface area (Å²) in [6.45, 7) is 0. The number of hydrogen-bond acceptors (Lipinski definition) is 1. The van der Waals surface area contributed by atoms with Crippen LogP contribution in [0.15, 0.2) is 64.9 Å². The van der Waals surface area contributed by atoms with Gasteiger partial charge < -0.3 is 0 Å². The van der Waals surface area contributed by atoms with Crippen molar-refractivity contribution in [2.24, 2.45) is 0 Å². The summed E-state index contributed by atoms with van der Waals surface area (Å²) in [6.07, 6.45) is 1.97. The fourth-order valence-electron chi connectivity index (χ4n) is 1.26. The molecule has 2 heteroatoms. The first-order valence-electron chi connectivity index (χ1n) is 4.98. The van der Waals surface area contributed by atoms with E-state index in [4.69, 9.17) is 0 Å². The Morgan fingerprint density at radius 3 is 2.25 bits per heavy atom. The lowest BCUT2D eigenvalue weighted by molar-refractivity contribution is 0.628. The quantitative estimate of drug-likeness (QED) is 0.695. The monoisotopic (exact) mass is 230 g/mol. The van der Waals surface area contributed by atoms with Crippen LogP contribution in [0.3, 0.4) is 0 Å². The first-order chi connectivity index (χ1) is 7.84. The van der Waals surface area contributed by atoms with E-state index in [2.05, 4.69) is 12.1 Å². The Hall–Kier alpha value is -1.54. The van der Waals surface area contributed by atoms with Crippen LogP contribution >= 0.6 is 11.8 Å². The lowest BCUT2D eigenvalue weighted by atomic mass is 10.2. The molecular weight excluding hydrogens is 219 g/mol. The molecule has 0 unspecified atom stereocenters. The van der Waals surface area contributed by atoms with Gasteiger partial charge in [0, 0.05) is 4.90 Å². The topological polar surface area (TPSA) is 0 Å². The first kappa shape index (κ1) is 11.0. The zero-order valence-electron chi connectivity index (χ0n) is 8.64. The predicted molar refractivity (Wildman–Crippen MR) is 67.7 cm³/mol. The Morgan fingerprint density at radius 2 is 1.56 bits per heavy atom. The maximum atomic E-state index is 12.6. The van der Waals surface area contributed by atoms with Gasteiger partial charge in [-0.25, -0.2) is 4.39 Å². The summed E-state index contributed by atoms with van der Waals surface area (Å²) in [5.41, 5.74) is 1.00. The molecule has 0 atom stereocenters. The highest BCUT2D eigenvalue weighted by Gasteiger charge is 1.89. The second-order valence-corrected chi connectivity index (χ2v) is 4.26. The molecule has 0 fully saturated rings. The Labute approximate surface area is 98.8 Å². The van der Waals surface area contributed by atoms with Gasteiger partial charge in [0.1, 0.15) is 5.82 Å². The van der Waals surface area contributed by atoms with Crippen LogP contribution in [-0.2, 0) is 0 Å². The van der Waals surface area contributed by atoms with Gasteiger partial charge in [-0.3, -0.25) is 0 Å². The molecule has 0 saturated heterocycles. The van der Waals surface area contributed by atoms with Gasteiger partial charge in [0.2, 0.25) is 0 Å². The third kappa shape index (κ3) is 3.24. The van der Waals surface area contributed by atoms with Crippen molar-refractivity contribution in [1.29, 1.82) is 0 Å². The lowest BCUT2D eigenvalue weighted by Crippen LogP contribution is -1.73. The number of thioether (sulfide) groups is 1. The molecule has 0 spiro atoms. The van der Waals surface area contributed by atoms with Crippen LogP contribution in [0.25, 0.3) is 6.08 Å². The standard InChI is InChI=1S/C14H11FS/c15-13-8-6-12(7-9-13)10-11-16-14-4-2-1-3-5-14/h1-11H/b11-10+. The molecule has 0 radical (unpaired) electrons. The van der Waals surface area contributed by atoms with Gasteiger partial charge in [-0.1, -0.05) is 42.1 Å². The smallest absolute Gasteiger partial charge is 0.123 e.